The van der Waals surface area contributed by atoms with Crippen LogP contribution in [0.1, 0.15) is 17.9 Å². The Bertz CT molecular complexity index is 920. The first-order valence-electron chi connectivity index (χ1n) is 9.55. The number of aromatic nitrogens is 4. The van der Waals surface area contributed by atoms with E-state index in [9.17, 15) is 4.79 Å². The molecule has 1 fully saturated rings. The molecule has 0 bridgehead atoms. The molecule has 3 heterocycles. The van der Waals surface area contributed by atoms with E-state index in [0.29, 0.717) is 31.3 Å². The molecule has 4 rings (SSSR count). The topological polar surface area (TPSA) is 80.3 Å². The molecular formula is C20H24N6O2. The van der Waals surface area contributed by atoms with E-state index in [-0.39, 0.29) is 5.91 Å². The second-order valence-electron chi connectivity index (χ2n) is 7.05. The van der Waals surface area contributed by atoms with Crippen molar-refractivity contribution in [1.82, 2.24) is 29.7 Å². The monoisotopic (exact) mass is 380 g/mol. The van der Waals surface area contributed by atoms with E-state index >= 15 is 0 Å². The van der Waals surface area contributed by atoms with Gasteiger partial charge in [-0.2, -0.15) is 10.1 Å². The molecule has 0 spiro atoms. The zero-order chi connectivity index (χ0) is 19.3. The number of rotatable bonds is 5. The van der Waals surface area contributed by atoms with Crippen LogP contribution in [-0.2, 0) is 17.9 Å². The molecule has 8 nitrogen and oxygen atoms in total. The zero-order valence-electron chi connectivity index (χ0n) is 16.0. The van der Waals surface area contributed by atoms with Crippen LogP contribution in [-0.4, -0.2) is 61.8 Å². The van der Waals surface area contributed by atoms with E-state index in [2.05, 4.69) is 20.1 Å². The van der Waals surface area contributed by atoms with Crippen molar-refractivity contribution < 1.29 is 9.32 Å². The first kappa shape index (κ1) is 18.4. The van der Waals surface area contributed by atoms with Gasteiger partial charge >= 0.3 is 0 Å². The van der Waals surface area contributed by atoms with Crippen LogP contribution in [0.4, 0.5) is 0 Å². The summed E-state index contributed by atoms with van der Waals surface area (Å²) < 4.78 is 7.09. The van der Waals surface area contributed by atoms with Gasteiger partial charge in [0.05, 0.1) is 12.2 Å². The van der Waals surface area contributed by atoms with Crippen molar-refractivity contribution in [2.75, 3.05) is 26.2 Å². The highest BCUT2D eigenvalue weighted by Gasteiger charge is 2.21. The number of hydrogen-bond donors (Lipinski definition) is 0. The third-order valence-electron chi connectivity index (χ3n) is 4.87. The predicted molar refractivity (Wildman–Crippen MR) is 103 cm³/mol. The van der Waals surface area contributed by atoms with Crippen molar-refractivity contribution in [1.29, 1.82) is 0 Å². The Morgan fingerprint density at radius 3 is 2.75 bits per heavy atom. The van der Waals surface area contributed by atoms with Gasteiger partial charge in [-0.25, -0.2) is 0 Å². The highest BCUT2D eigenvalue weighted by molar-refractivity contribution is 5.75. The van der Waals surface area contributed by atoms with Gasteiger partial charge < -0.3 is 9.42 Å². The molecule has 0 saturated carbocycles. The van der Waals surface area contributed by atoms with Crippen molar-refractivity contribution in [3.63, 3.8) is 0 Å². The lowest BCUT2D eigenvalue weighted by Gasteiger charge is -2.21. The molecule has 3 aromatic rings. The fourth-order valence-electron chi connectivity index (χ4n) is 3.38. The molecule has 1 amide bonds. The molecule has 0 unspecified atom stereocenters. The molecule has 2 aromatic heterocycles. The van der Waals surface area contributed by atoms with E-state index in [0.717, 1.165) is 37.3 Å². The lowest BCUT2D eigenvalue weighted by Crippen LogP contribution is -2.37. The Labute approximate surface area is 163 Å². The van der Waals surface area contributed by atoms with E-state index in [1.807, 2.05) is 54.4 Å². The minimum atomic E-state index is 0.107. The summed E-state index contributed by atoms with van der Waals surface area (Å²) in [5.74, 6) is 1.32. The minimum Gasteiger partial charge on any atom is -0.340 e. The van der Waals surface area contributed by atoms with Gasteiger partial charge in [-0.05, 0) is 31.5 Å². The Balaban J connectivity index is 1.32. The zero-order valence-corrected chi connectivity index (χ0v) is 16.0. The summed E-state index contributed by atoms with van der Waals surface area (Å²) in [6.07, 6.45) is 2.77. The SMILES string of the molecule is Cc1ccn(CC(=O)N2CCCN(Cc3noc(-c4ccccc4)n3)CC2)n1. The smallest absolute Gasteiger partial charge is 0.257 e. The van der Waals surface area contributed by atoms with Crippen LogP contribution < -0.4 is 0 Å². The summed E-state index contributed by atoms with van der Waals surface area (Å²) in [7, 11) is 0. The first-order chi connectivity index (χ1) is 13.7. The molecular weight excluding hydrogens is 356 g/mol. The fraction of sp³-hybridized carbons (Fsp3) is 0.400. The van der Waals surface area contributed by atoms with Crippen molar-refractivity contribution in [2.45, 2.75) is 26.4 Å². The summed E-state index contributed by atoms with van der Waals surface area (Å²) in [5.41, 5.74) is 1.84. The lowest BCUT2D eigenvalue weighted by molar-refractivity contribution is -0.131. The predicted octanol–water partition coefficient (Wildman–Crippen LogP) is 1.98. The van der Waals surface area contributed by atoms with Gasteiger partial charge in [0, 0.05) is 37.9 Å². The molecule has 0 aliphatic carbocycles. The lowest BCUT2D eigenvalue weighted by atomic mass is 10.2. The van der Waals surface area contributed by atoms with Gasteiger partial charge in [-0.15, -0.1) is 0 Å². The second-order valence-corrected chi connectivity index (χ2v) is 7.05. The maximum Gasteiger partial charge on any atom is 0.257 e. The van der Waals surface area contributed by atoms with E-state index in [4.69, 9.17) is 4.52 Å². The Hall–Kier alpha value is -3.00. The summed E-state index contributed by atoms with van der Waals surface area (Å²) in [6, 6.07) is 11.7. The van der Waals surface area contributed by atoms with Crippen molar-refractivity contribution >= 4 is 5.91 Å². The highest BCUT2D eigenvalue weighted by atomic mass is 16.5. The average Bonchev–Trinajstić information content (AvgIpc) is 3.26. The maximum absolute atomic E-state index is 12.6. The summed E-state index contributed by atoms with van der Waals surface area (Å²) in [4.78, 5) is 21.3. The van der Waals surface area contributed by atoms with E-state index in [1.165, 1.54) is 0 Å². The number of nitrogens with zero attached hydrogens (tertiary/aromatic N) is 6. The Morgan fingerprint density at radius 1 is 1.11 bits per heavy atom. The standard InChI is InChI=1S/C20H24N6O2/c1-16-8-11-26(22-16)15-19(27)25-10-5-9-24(12-13-25)14-18-21-20(28-23-18)17-6-3-2-4-7-17/h2-4,6-8,11H,5,9-10,12-15H2,1H3. The third-order valence-corrected chi connectivity index (χ3v) is 4.87. The number of carbonyl (C=O) groups is 1. The molecule has 146 valence electrons. The van der Waals surface area contributed by atoms with Crippen LogP contribution in [0.3, 0.4) is 0 Å². The van der Waals surface area contributed by atoms with Crippen LogP contribution in [0, 0.1) is 6.92 Å². The molecule has 1 aliphatic rings. The quantitative estimate of drug-likeness (QED) is 0.673. The van der Waals surface area contributed by atoms with Crippen LogP contribution in [0.2, 0.25) is 0 Å². The Kier molecular flexibility index (Phi) is 5.48. The fourth-order valence-corrected chi connectivity index (χ4v) is 3.38. The number of carbonyl (C=O) groups excluding carboxylic acids is 1. The number of aryl methyl sites for hydroxylation is 1. The summed E-state index contributed by atoms with van der Waals surface area (Å²) >= 11 is 0. The number of benzene rings is 1. The van der Waals surface area contributed by atoms with Crippen LogP contribution in [0.25, 0.3) is 11.5 Å². The molecule has 0 radical (unpaired) electrons. The van der Waals surface area contributed by atoms with E-state index in [1.54, 1.807) is 4.68 Å². The van der Waals surface area contributed by atoms with Crippen LogP contribution in [0.5, 0.6) is 0 Å². The molecule has 0 atom stereocenters. The molecule has 1 saturated heterocycles. The number of amides is 1. The highest BCUT2D eigenvalue weighted by Crippen LogP contribution is 2.17. The maximum atomic E-state index is 12.6. The number of hydrogen-bond acceptors (Lipinski definition) is 6. The van der Waals surface area contributed by atoms with Crippen molar-refractivity contribution in [3.8, 4) is 11.5 Å². The van der Waals surface area contributed by atoms with Gasteiger partial charge in [0.25, 0.3) is 5.89 Å². The van der Waals surface area contributed by atoms with Crippen LogP contribution in [0.15, 0.2) is 47.1 Å². The van der Waals surface area contributed by atoms with Gasteiger partial charge in [-0.3, -0.25) is 14.4 Å². The molecule has 0 N–H and O–H groups in total. The van der Waals surface area contributed by atoms with Crippen molar-refractivity contribution in [2.24, 2.45) is 0 Å². The second kappa shape index (κ2) is 8.35. The van der Waals surface area contributed by atoms with Crippen LogP contribution >= 0.6 is 0 Å². The van der Waals surface area contributed by atoms with E-state index < -0.39 is 0 Å². The largest absolute Gasteiger partial charge is 0.340 e. The molecule has 8 heteroatoms. The average molecular weight is 380 g/mol. The molecule has 28 heavy (non-hydrogen) atoms. The van der Waals surface area contributed by atoms with Gasteiger partial charge in [0.1, 0.15) is 6.54 Å². The summed E-state index contributed by atoms with van der Waals surface area (Å²) in [6.45, 7) is 5.99. The first-order valence-corrected chi connectivity index (χ1v) is 9.55. The van der Waals surface area contributed by atoms with Gasteiger partial charge in [0.2, 0.25) is 5.91 Å². The molecule has 1 aliphatic heterocycles. The van der Waals surface area contributed by atoms with Crippen molar-refractivity contribution in [3.05, 3.63) is 54.1 Å². The minimum absolute atomic E-state index is 0.107. The molecule has 1 aromatic carbocycles. The van der Waals surface area contributed by atoms with Gasteiger partial charge in [0.15, 0.2) is 5.82 Å². The van der Waals surface area contributed by atoms with Gasteiger partial charge in [-0.1, -0.05) is 23.4 Å². The third kappa shape index (κ3) is 4.45. The normalized spacial score (nSPS) is 15.5. The summed E-state index contributed by atoms with van der Waals surface area (Å²) in [5, 5.41) is 8.41. The Morgan fingerprint density at radius 2 is 1.96 bits per heavy atom.